The molecule has 2 aliphatic heterocycles. The van der Waals surface area contributed by atoms with Crippen LogP contribution in [0.25, 0.3) is 0 Å². The van der Waals surface area contributed by atoms with E-state index in [0.29, 0.717) is 32.1 Å². The van der Waals surface area contributed by atoms with E-state index in [1.807, 2.05) is 12.2 Å². The van der Waals surface area contributed by atoms with Crippen LogP contribution < -0.4 is 0 Å². The molecule has 0 unspecified atom stereocenters. The second kappa shape index (κ2) is 9.62. The topological polar surface area (TPSA) is 90.0 Å². The lowest BCUT2D eigenvalue weighted by Crippen LogP contribution is -2.38. The molecule has 0 N–H and O–H groups in total. The minimum atomic E-state index is -3.74. The molecule has 2 heterocycles. The quantitative estimate of drug-likeness (QED) is 0.309. The highest BCUT2D eigenvalue weighted by atomic mass is 79.9. The number of halogens is 1. The molecule has 0 radical (unpaired) electrons. The Balaban J connectivity index is 1.83. The Morgan fingerprint density at radius 1 is 1.13 bits per heavy atom. The molecule has 0 aromatic heterocycles. The Labute approximate surface area is 185 Å². The van der Waals surface area contributed by atoms with Crippen LogP contribution in [0, 0.1) is 11.8 Å². The summed E-state index contributed by atoms with van der Waals surface area (Å²) in [5.74, 6) is -1.43. The monoisotopic (exact) mass is 499 g/mol. The summed E-state index contributed by atoms with van der Waals surface area (Å²) < 4.78 is 38.7. The zero-order chi connectivity index (χ0) is 21.9. The van der Waals surface area contributed by atoms with Gasteiger partial charge in [0.2, 0.25) is 10.0 Å². The molecule has 0 amide bonds. The molecule has 2 fully saturated rings. The number of esters is 2. The third kappa shape index (κ3) is 4.48. The highest BCUT2D eigenvalue weighted by molar-refractivity contribution is 9.10. The predicted octanol–water partition coefficient (Wildman–Crippen LogP) is 3.29. The van der Waals surface area contributed by atoms with Gasteiger partial charge in [0, 0.05) is 28.9 Å². The SMILES string of the molecule is COC(=O)CCC/C=C\[C@H]1[C@H](C(=O)OC)[C@@H]2CC[C@H]1N2S(=O)(=O)c1ccc(Br)cc1. The fraction of sp³-hybridized carbons (Fsp3) is 0.524. The first-order valence-electron chi connectivity index (χ1n) is 9.91. The first-order valence-corrected chi connectivity index (χ1v) is 12.1. The predicted molar refractivity (Wildman–Crippen MR) is 114 cm³/mol. The first-order chi connectivity index (χ1) is 14.3. The summed E-state index contributed by atoms with van der Waals surface area (Å²) in [5, 5.41) is 0. The molecule has 0 aliphatic carbocycles. The average Bonchev–Trinajstić information content (AvgIpc) is 3.30. The van der Waals surface area contributed by atoms with E-state index in [-0.39, 0.29) is 28.8 Å². The molecule has 0 spiro atoms. The maximum absolute atomic E-state index is 13.4. The number of unbranched alkanes of at least 4 members (excludes halogenated alkanes) is 1. The van der Waals surface area contributed by atoms with Crippen molar-refractivity contribution in [2.45, 2.75) is 49.1 Å². The second-order valence-corrected chi connectivity index (χ2v) is 10.3. The van der Waals surface area contributed by atoms with E-state index in [9.17, 15) is 18.0 Å². The summed E-state index contributed by atoms with van der Waals surface area (Å²) in [7, 11) is -1.05. The fourth-order valence-corrected chi connectivity index (χ4v) is 6.72. The molecular weight excluding hydrogens is 474 g/mol. The third-order valence-electron chi connectivity index (χ3n) is 5.89. The van der Waals surface area contributed by atoms with E-state index in [4.69, 9.17) is 4.74 Å². The number of carbonyl (C=O) groups excluding carboxylic acids is 2. The molecule has 30 heavy (non-hydrogen) atoms. The molecule has 0 saturated carbocycles. The van der Waals surface area contributed by atoms with E-state index < -0.39 is 22.0 Å². The van der Waals surface area contributed by atoms with Gasteiger partial charge in [-0.1, -0.05) is 28.1 Å². The van der Waals surface area contributed by atoms with Crippen LogP contribution in [0.4, 0.5) is 0 Å². The van der Waals surface area contributed by atoms with Gasteiger partial charge in [0.15, 0.2) is 0 Å². The summed E-state index contributed by atoms with van der Waals surface area (Å²) in [4.78, 5) is 24.0. The van der Waals surface area contributed by atoms with Crippen molar-refractivity contribution in [1.82, 2.24) is 4.31 Å². The van der Waals surface area contributed by atoms with Crippen molar-refractivity contribution in [2.75, 3.05) is 14.2 Å². The molecule has 9 heteroatoms. The third-order valence-corrected chi connectivity index (χ3v) is 8.38. The summed E-state index contributed by atoms with van der Waals surface area (Å²) in [6, 6.07) is 5.83. The number of sulfonamides is 1. The number of rotatable bonds is 8. The number of benzene rings is 1. The van der Waals surface area contributed by atoms with Crippen LogP contribution in [0.1, 0.15) is 32.1 Å². The molecular formula is C21H26BrNO6S. The van der Waals surface area contributed by atoms with Crippen LogP contribution in [0.3, 0.4) is 0 Å². The molecule has 4 atom stereocenters. The number of methoxy groups -OCH3 is 2. The number of ether oxygens (including phenoxy) is 2. The minimum absolute atomic E-state index is 0.217. The number of hydrogen-bond donors (Lipinski definition) is 0. The van der Waals surface area contributed by atoms with Crippen LogP contribution in [0.2, 0.25) is 0 Å². The van der Waals surface area contributed by atoms with Crippen LogP contribution in [0.15, 0.2) is 45.8 Å². The van der Waals surface area contributed by atoms with Crippen molar-refractivity contribution in [2.24, 2.45) is 11.8 Å². The fourth-order valence-electron chi connectivity index (χ4n) is 4.54. The molecule has 7 nitrogen and oxygen atoms in total. The smallest absolute Gasteiger partial charge is 0.310 e. The van der Waals surface area contributed by atoms with Crippen molar-refractivity contribution in [3.63, 3.8) is 0 Å². The summed E-state index contributed by atoms with van der Waals surface area (Å²) in [5.41, 5.74) is 0. The normalized spacial score (nSPS) is 26.2. The van der Waals surface area contributed by atoms with E-state index >= 15 is 0 Å². The van der Waals surface area contributed by atoms with E-state index in [1.165, 1.54) is 18.5 Å². The summed E-state index contributed by atoms with van der Waals surface area (Å²) in [6.45, 7) is 0. The Kier molecular flexibility index (Phi) is 7.36. The van der Waals surface area contributed by atoms with Crippen LogP contribution in [0.5, 0.6) is 0 Å². The van der Waals surface area contributed by atoms with Crippen molar-refractivity contribution in [3.05, 3.63) is 40.9 Å². The molecule has 2 aliphatic rings. The molecule has 164 valence electrons. The van der Waals surface area contributed by atoms with Crippen LogP contribution in [-0.4, -0.2) is 51.0 Å². The Bertz CT molecular complexity index is 914. The number of fused-ring (bicyclic) bond motifs is 2. The number of hydrogen-bond acceptors (Lipinski definition) is 6. The number of carbonyl (C=O) groups is 2. The molecule has 2 saturated heterocycles. The lowest BCUT2D eigenvalue weighted by molar-refractivity contribution is -0.147. The van der Waals surface area contributed by atoms with Gasteiger partial charge in [-0.15, -0.1) is 0 Å². The van der Waals surface area contributed by atoms with Crippen molar-refractivity contribution < 1.29 is 27.5 Å². The molecule has 2 bridgehead atoms. The largest absolute Gasteiger partial charge is 0.469 e. The van der Waals surface area contributed by atoms with Gasteiger partial charge in [-0.2, -0.15) is 4.31 Å². The minimum Gasteiger partial charge on any atom is -0.469 e. The van der Waals surface area contributed by atoms with Gasteiger partial charge in [0.05, 0.1) is 25.0 Å². The summed E-state index contributed by atoms with van der Waals surface area (Å²) >= 11 is 3.33. The Hall–Kier alpha value is -1.71. The maximum Gasteiger partial charge on any atom is 0.310 e. The zero-order valence-electron chi connectivity index (χ0n) is 17.0. The Morgan fingerprint density at radius 3 is 2.43 bits per heavy atom. The van der Waals surface area contributed by atoms with E-state index in [1.54, 1.807) is 24.3 Å². The van der Waals surface area contributed by atoms with Gasteiger partial charge in [0.1, 0.15) is 0 Å². The average molecular weight is 500 g/mol. The Morgan fingerprint density at radius 2 is 1.80 bits per heavy atom. The van der Waals surface area contributed by atoms with Crippen LogP contribution >= 0.6 is 15.9 Å². The zero-order valence-corrected chi connectivity index (χ0v) is 19.4. The second-order valence-electron chi connectivity index (χ2n) is 7.52. The highest BCUT2D eigenvalue weighted by Crippen LogP contribution is 2.49. The van der Waals surface area contributed by atoms with Crippen LogP contribution in [-0.2, 0) is 29.1 Å². The number of allylic oxidation sites excluding steroid dienone is 1. The van der Waals surface area contributed by atoms with E-state index in [2.05, 4.69) is 20.7 Å². The standard InChI is InChI=1S/C21H26BrNO6S/c1-28-19(24)7-5-3-4-6-16-17-12-13-18(20(16)21(25)29-2)23(17)30(26,27)15-10-8-14(22)9-11-15/h4,6,8-11,16-18,20H,3,5,7,12-13H2,1-2H3/b6-4-/t16-,17-,18+,20+/m1/s1. The van der Waals surface area contributed by atoms with Gasteiger partial charge in [0.25, 0.3) is 0 Å². The molecule has 3 rings (SSSR count). The number of nitrogens with zero attached hydrogens (tertiary/aromatic N) is 1. The lowest BCUT2D eigenvalue weighted by atomic mass is 9.79. The van der Waals surface area contributed by atoms with Crippen molar-refractivity contribution in [1.29, 1.82) is 0 Å². The van der Waals surface area contributed by atoms with Crippen molar-refractivity contribution in [3.8, 4) is 0 Å². The maximum atomic E-state index is 13.4. The van der Waals surface area contributed by atoms with E-state index in [0.717, 1.165) is 4.47 Å². The molecule has 1 aromatic carbocycles. The van der Waals surface area contributed by atoms with Gasteiger partial charge in [-0.25, -0.2) is 8.42 Å². The summed E-state index contributed by atoms with van der Waals surface area (Å²) in [6.07, 6.45) is 6.78. The lowest BCUT2D eigenvalue weighted by Gasteiger charge is -2.24. The molecule has 1 aromatic rings. The van der Waals surface area contributed by atoms with Gasteiger partial charge < -0.3 is 9.47 Å². The first kappa shape index (κ1) is 23.0. The van der Waals surface area contributed by atoms with Gasteiger partial charge in [-0.05, 0) is 49.9 Å². The highest BCUT2D eigenvalue weighted by Gasteiger charge is 2.59. The van der Waals surface area contributed by atoms with Gasteiger partial charge in [-0.3, -0.25) is 9.59 Å². The van der Waals surface area contributed by atoms with Gasteiger partial charge >= 0.3 is 11.9 Å². The van der Waals surface area contributed by atoms with Crippen molar-refractivity contribution >= 4 is 37.9 Å².